The average molecular weight is 288 g/mol. The summed E-state index contributed by atoms with van der Waals surface area (Å²) in [6.45, 7) is 7.37. The second kappa shape index (κ2) is 6.39. The maximum Gasteiger partial charge on any atom is 0.260 e. The molecule has 0 radical (unpaired) electrons. The maximum atomic E-state index is 12.3. The van der Waals surface area contributed by atoms with E-state index in [0.29, 0.717) is 17.9 Å². The highest BCUT2D eigenvalue weighted by Gasteiger charge is 2.28. The lowest BCUT2D eigenvalue weighted by Gasteiger charge is -2.26. The maximum absolute atomic E-state index is 12.3. The zero-order valence-corrected chi connectivity index (χ0v) is 13.3. The van der Waals surface area contributed by atoms with Crippen LogP contribution in [0, 0.1) is 5.92 Å². The molecule has 0 saturated carbocycles. The summed E-state index contributed by atoms with van der Waals surface area (Å²) >= 11 is 0. The molecule has 1 atom stereocenters. The fourth-order valence-electron chi connectivity index (χ4n) is 2.79. The lowest BCUT2D eigenvalue weighted by Crippen LogP contribution is -2.39. The molecule has 4 nitrogen and oxygen atoms in total. The fraction of sp³-hybridized carbons (Fsp3) is 0.529. The van der Waals surface area contributed by atoms with E-state index >= 15 is 0 Å². The second-order valence-electron chi connectivity index (χ2n) is 6.09. The van der Waals surface area contributed by atoms with Crippen molar-refractivity contribution in [1.82, 2.24) is 10.2 Å². The van der Waals surface area contributed by atoms with Gasteiger partial charge in [-0.1, -0.05) is 32.9 Å². The van der Waals surface area contributed by atoms with Crippen LogP contribution in [0.4, 0.5) is 0 Å². The Morgan fingerprint density at radius 1 is 1.29 bits per heavy atom. The molecule has 114 valence electrons. The van der Waals surface area contributed by atoms with E-state index in [1.807, 2.05) is 18.2 Å². The molecule has 0 bridgehead atoms. The van der Waals surface area contributed by atoms with Gasteiger partial charge in [0.2, 0.25) is 5.91 Å². The third kappa shape index (κ3) is 3.32. The van der Waals surface area contributed by atoms with Crippen LogP contribution in [0.5, 0.6) is 0 Å². The van der Waals surface area contributed by atoms with Gasteiger partial charge in [0.25, 0.3) is 5.91 Å². The number of carbonyl (C=O) groups is 2. The van der Waals surface area contributed by atoms with Gasteiger partial charge >= 0.3 is 0 Å². The Morgan fingerprint density at radius 3 is 2.62 bits per heavy atom. The first kappa shape index (κ1) is 15.7. The average Bonchev–Trinajstić information content (AvgIpc) is 2.44. The summed E-state index contributed by atoms with van der Waals surface area (Å²) in [5, 5.41) is 3.48. The van der Waals surface area contributed by atoms with E-state index in [1.165, 1.54) is 4.90 Å². The summed E-state index contributed by atoms with van der Waals surface area (Å²) in [7, 11) is 1.55. The number of nitrogens with one attached hydrogen (secondary N) is 1. The van der Waals surface area contributed by atoms with Crippen molar-refractivity contribution < 1.29 is 9.59 Å². The molecule has 21 heavy (non-hydrogen) atoms. The number of rotatable bonds is 5. The molecule has 1 aliphatic heterocycles. The fourth-order valence-corrected chi connectivity index (χ4v) is 2.79. The number of nitrogens with zero attached hydrogens (tertiary/aromatic N) is 1. The first-order chi connectivity index (χ1) is 9.93. The second-order valence-corrected chi connectivity index (χ2v) is 6.09. The number of fused-ring (bicyclic) bond motifs is 1. The minimum absolute atomic E-state index is 0.134. The first-order valence-corrected chi connectivity index (χ1v) is 7.61. The minimum atomic E-state index is -0.192. The number of amides is 2. The molecule has 1 aliphatic rings. The Bertz CT molecular complexity index is 552. The topological polar surface area (TPSA) is 49.4 Å². The Kier molecular flexibility index (Phi) is 4.78. The molecule has 0 fully saturated rings. The van der Waals surface area contributed by atoms with Crippen LogP contribution in [0.2, 0.25) is 0 Å². The molecule has 1 unspecified atom stereocenters. The van der Waals surface area contributed by atoms with Crippen LogP contribution in [-0.4, -0.2) is 30.3 Å². The van der Waals surface area contributed by atoms with Gasteiger partial charge in [-0.3, -0.25) is 14.5 Å². The molecule has 0 aliphatic carbocycles. The largest absolute Gasteiger partial charge is 0.310 e. The van der Waals surface area contributed by atoms with Crippen molar-refractivity contribution in [2.24, 2.45) is 5.92 Å². The lowest BCUT2D eigenvalue weighted by atomic mass is 9.91. The van der Waals surface area contributed by atoms with Crippen LogP contribution in [0.1, 0.15) is 54.7 Å². The molecule has 0 spiro atoms. The van der Waals surface area contributed by atoms with E-state index in [-0.39, 0.29) is 17.9 Å². The third-order valence-electron chi connectivity index (χ3n) is 3.94. The Labute approximate surface area is 126 Å². The smallest absolute Gasteiger partial charge is 0.260 e. The van der Waals surface area contributed by atoms with Crippen LogP contribution in [0.25, 0.3) is 0 Å². The molecule has 1 N–H and O–H groups in total. The van der Waals surface area contributed by atoms with Crippen LogP contribution in [-0.2, 0) is 11.2 Å². The van der Waals surface area contributed by atoms with Gasteiger partial charge in [0.1, 0.15) is 0 Å². The summed E-state index contributed by atoms with van der Waals surface area (Å²) in [6, 6.07) is 6.17. The van der Waals surface area contributed by atoms with E-state index in [4.69, 9.17) is 0 Å². The predicted octanol–water partition coefficient (Wildman–Crippen LogP) is 2.54. The van der Waals surface area contributed by atoms with Gasteiger partial charge in [0.05, 0.1) is 6.42 Å². The highest BCUT2D eigenvalue weighted by molar-refractivity contribution is 6.09. The minimum Gasteiger partial charge on any atom is -0.310 e. The van der Waals surface area contributed by atoms with Crippen molar-refractivity contribution >= 4 is 11.8 Å². The standard InChI is InChI=1S/C17H24N2O2/c1-5-18-15(8-11(2)3)13-7-6-12-10-16(20)19(4)17(21)14(12)9-13/h6-7,9,11,15,18H,5,8,10H2,1-4H3. The number of imide groups is 1. The third-order valence-corrected chi connectivity index (χ3v) is 3.94. The summed E-state index contributed by atoms with van der Waals surface area (Å²) < 4.78 is 0. The van der Waals surface area contributed by atoms with E-state index in [0.717, 1.165) is 24.1 Å². The molecule has 2 amide bonds. The van der Waals surface area contributed by atoms with E-state index in [9.17, 15) is 9.59 Å². The Hall–Kier alpha value is -1.68. The molecule has 2 rings (SSSR count). The van der Waals surface area contributed by atoms with Gasteiger partial charge < -0.3 is 5.32 Å². The summed E-state index contributed by atoms with van der Waals surface area (Å²) in [5.74, 6) is 0.249. The number of likely N-dealkylation sites (N-methyl/N-ethyl adjacent to an activating group) is 1. The molecule has 4 heteroatoms. The van der Waals surface area contributed by atoms with Gasteiger partial charge in [-0.25, -0.2) is 0 Å². The van der Waals surface area contributed by atoms with Gasteiger partial charge in [0.15, 0.2) is 0 Å². The zero-order valence-electron chi connectivity index (χ0n) is 13.3. The quantitative estimate of drug-likeness (QED) is 0.847. The van der Waals surface area contributed by atoms with Gasteiger partial charge in [-0.05, 0) is 36.1 Å². The predicted molar refractivity (Wildman–Crippen MR) is 83.1 cm³/mol. The van der Waals surface area contributed by atoms with Crippen molar-refractivity contribution in [3.05, 3.63) is 34.9 Å². The van der Waals surface area contributed by atoms with Crippen LogP contribution < -0.4 is 5.32 Å². The van der Waals surface area contributed by atoms with E-state index in [2.05, 4.69) is 26.1 Å². The molecule has 1 aromatic rings. The monoisotopic (exact) mass is 288 g/mol. The highest BCUT2D eigenvalue weighted by Crippen LogP contribution is 2.26. The van der Waals surface area contributed by atoms with Gasteiger partial charge in [-0.2, -0.15) is 0 Å². The molecule has 1 heterocycles. The van der Waals surface area contributed by atoms with Crippen molar-refractivity contribution in [2.45, 2.75) is 39.7 Å². The molecule has 0 aromatic heterocycles. The van der Waals surface area contributed by atoms with Crippen molar-refractivity contribution in [2.75, 3.05) is 13.6 Å². The van der Waals surface area contributed by atoms with Crippen LogP contribution in [0.15, 0.2) is 18.2 Å². The van der Waals surface area contributed by atoms with Crippen molar-refractivity contribution in [3.63, 3.8) is 0 Å². The Morgan fingerprint density at radius 2 is 2.00 bits per heavy atom. The molecular weight excluding hydrogens is 264 g/mol. The normalized spacial score (nSPS) is 16.3. The summed E-state index contributed by atoms with van der Waals surface area (Å²) in [5.41, 5.74) is 2.63. The number of hydrogen-bond acceptors (Lipinski definition) is 3. The number of carbonyl (C=O) groups excluding carboxylic acids is 2. The van der Waals surface area contributed by atoms with E-state index < -0.39 is 0 Å². The van der Waals surface area contributed by atoms with Gasteiger partial charge in [0, 0.05) is 18.7 Å². The summed E-state index contributed by atoms with van der Waals surface area (Å²) in [4.78, 5) is 25.2. The van der Waals surface area contributed by atoms with E-state index in [1.54, 1.807) is 7.05 Å². The SMILES string of the molecule is CCNC(CC(C)C)c1ccc2c(c1)C(=O)N(C)C(=O)C2. The molecule has 1 aromatic carbocycles. The van der Waals surface area contributed by atoms with Crippen LogP contribution >= 0.6 is 0 Å². The zero-order chi connectivity index (χ0) is 15.6. The van der Waals surface area contributed by atoms with Gasteiger partial charge in [-0.15, -0.1) is 0 Å². The Balaban J connectivity index is 2.35. The lowest BCUT2D eigenvalue weighted by molar-refractivity contribution is -0.127. The first-order valence-electron chi connectivity index (χ1n) is 7.61. The number of benzene rings is 1. The van der Waals surface area contributed by atoms with Crippen molar-refractivity contribution in [1.29, 1.82) is 0 Å². The molecule has 0 saturated heterocycles. The summed E-state index contributed by atoms with van der Waals surface area (Å²) in [6.07, 6.45) is 1.34. The van der Waals surface area contributed by atoms with Crippen LogP contribution in [0.3, 0.4) is 0 Å². The number of hydrogen-bond donors (Lipinski definition) is 1. The highest BCUT2D eigenvalue weighted by atomic mass is 16.2. The molecular formula is C17H24N2O2. The van der Waals surface area contributed by atoms with Crippen molar-refractivity contribution in [3.8, 4) is 0 Å².